The van der Waals surface area contributed by atoms with Crippen molar-refractivity contribution in [3.05, 3.63) is 108 Å². The number of hydrogen-bond acceptors (Lipinski definition) is 3. The summed E-state index contributed by atoms with van der Waals surface area (Å²) in [5.41, 5.74) is -2.74. The maximum atomic E-state index is 14.0. The first-order valence-electron chi connectivity index (χ1n) is 13.1. The van der Waals surface area contributed by atoms with E-state index in [1.807, 2.05) is 0 Å². The van der Waals surface area contributed by atoms with Gasteiger partial charge in [0.15, 0.2) is 0 Å². The van der Waals surface area contributed by atoms with E-state index in [0.29, 0.717) is 30.3 Å². The summed E-state index contributed by atoms with van der Waals surface area (Å²) in [5.74, 6) is 0. The molecular formula is C33H15F9S3. The van der Waals surface area contributed by atoms with Crippen LogP contribution >= 0.6 is 34.0 Å². The number of rotatable bonds is 3. The first kappa shape index (κ1) is 29.8. The molecule has 7 aromatic rings. The predicted octanol–water partition coefficient (Wildman–Crippen LogP) is 13.4. The molecule has 228 valence electrons. The van der Waals surface area contributed by atoms with Crippen LogP contribution in [-0.2, 0) is 18.5 Å². The number of hydrogen-bond donors (Lipinski definition) is 0. The molecule has 0 unspecified atom stereocenters. The smallest absolute Gasteiger partial charge is 0.166 e. The number of halogens is 9. The highest BCUT2D eigenvalue weighted by molar-refractivity contribution is 7.29. The van der Waals surface area contributed by atoms with Gasteiger partial charge in [0.1, 0.15) is 0 Å². The summed E-state index contributed by atoms with van der Waals surface area (Å²) in [6.07, 6.45) is -13.9. The fraction of sp³-hybridized carbons (Fsp3) is 0.0909. The van der Waals surface area contributed by atoms with Crippen LogP contribution in [0.5, 0.6) is 0 Å². The first-order valence-corrected chi connectivity index (χ1v) is 15.6. The normalized spacial score (nSPS) is 13.0. The summed E-state index contributed by atoms with van der Waals surface area (Å²) in [6, 6.07) is 20.0. The number of benzene rings is 4. The van der Waals surface area contributed by atoms with Gasteiger partial charge in [-0.05, 0) is 36.4 Å². The standard InChI is InChI=1S/C33H15F9S3/c34-31(35,36)22-10-4-1-7-16(22)25-13-19-28(43-25)20-14-26(17-8-2-5-11-23(17)32(37,38)39)45-30(20)21-15-27(44-29(19)21)18-9-3-6-12-24(18)33(40,41)42/h1-15H. The molecule has 0 nitrogen and oxygen atoms in total. The number of fused-ring (bicyclic) bond motifs is 6. The topological polar surface area (TPSA) is 0 Å². The zero-order valence-corrected chi connectivity index (χ0v) is 24.7. The van der Waals surface area contributed by atoms with Crippen molar-refractivity contribution >= 4 is 64.3 Å². The minimum Gasteiger partial charge on any atom is -0.166 e. The van der Waals surface area contributed by atoms with Gasteiger partial charge in [0, 0.05) is 61.6 Å². The highest BCUT2D eigenvalue weighted by Crippen LogP contribution is 2.53. The zero-order chi connectivity index (χ0) is 31.9. The highest BCUT2D eigenvalue weighted by Gasteiger charge is 2.36. The molecular weight excluding hydrogens is 664 g/mol. The van der Waals surface area contributed by atoms with Crippen LogP contribution in [0.3, 0.4) is 0 Å². The van der Waals surface area contributed by atoms with E-state index in [1.165, 1.54) is 54.6 Å². The van der Waals surface area contributed by atoms with Crippen molar-refractivity contribution in [1.82, 2.24) is 0 Å². The lowest BCUT2D eigenvalue weighted by atomic mass is 10.0. The van der Waals surface area contributed by atoms with Crippen LogP contribution in [0.15, 0.2) is 91.0 Å². The maximum absolute atomic E-state index is 14.0. The molecule has 0 fully saturated rings. The van der Waals surface area contributed by atoms with E-state index >= 15 is 0 Å². The Morgan fingerprint density at radius 1 is 0.356 bits per heavy atom. The first-order chi connectivity index (χ1) is 21.2. The third-order valence-electron chi connectivity index (χ3n) is 7.42. The van der Waals surface area contributed by atoms with E-state index in [1.54, 1.807) is 18.2 Å². The molecule has 0 atom stereocenters. The lowest BCUT2D eigenvalue weighted by molar-refractivity contribution is -0.137. The largest absolute Gasteiger partial charge is 0.417 e. The van der Waals surface area contributed by atoms with E-state index in [2.05, 4.69) is 0 Å². The molecule has 0 radical (unpaired) electrons. The van der Waals surface area contributed by atoms with Crippen molar-refractivity contribution < 1.29 is 39.5 Å². The van der Waals surface area contributed by atoms with E-state index in [4.69, 9.17) is 0 Å². The summed E-state index contributed by atoms with van der Waals surface area (Å²) in [5, 5.41) is 1.55. The molecule has 0 amide bonds. The van der Waals surface area contributed by atoms with Crippen molar-refractivity contribution in [2.75, 3.05) is 0 Å². The minimum atomic E-state index is -4.65. The molecule has 0 spiro atoms. The summed E-state index contributed by atoms with van der Waals surface area (Å²) < 4.78 is 127. The Morgan fingerprint density at radius 2 is 0.600 bits per heavy atom. The third kappa shape index (κ3) is 5.08. The van der Waals surface area contributed by atoms with Gasteiger partial charge in [0.25, 0.3) is 0 Å². The second-order valence-electron chi connectivity index (χ2n) is 10.2. The van der Waals surface area contributed by atoms with Gasteiger partial charge in [-0.2, -0.15) is 39.5 Å². The van der Waals surface area contributed by atoms with E-state index in [-0.39, 0.29) is 31.3 Å². The van der Waals surface area contributed by atoms with Crippen LogP contribution in [0.4, 0.5) is 39.5 Å². The van der Waals surface area contributed by atoms with Gasteiger partial charge < -0.3 is 0 Å². The Labute approximate surface area is 260 Å². The number of thiophene rings is 3. The molecule has 0 bridgehead atoms. The molecule has 3 heterocycles. The van der Waals surface area contributed by atoms with Gasteiger partial charge >= 0.3 is 18.5 Å². The molecule has 0 aliphatic carbocycles. The Kier molecular flexibility index (Phi) is 6.84. The fourth-order valence-electron chi connectivity index (χ4n) is 5.51. The summed E-state index contributed by atoms with van der Waals surface area (Å²) >= 11 is 3.20. The quantitative estimate of drug-likeness (QED) is 0.163. The van der Waals surface area contributed by atoms with Crippen LogP contribution < -0.4 is 0 Å². The van der Waals surface area contributed by atoms with Crippen molar-refractivity contribution in [2.24, 2.45) is 0 Å². The van der Waals surface area contributed by atoms with E-state index < -0.39 is 35.2 Å². The summed E-state index contributed by atoms with van der Waals surface area (Å²) in [6.45, 7) is 0. The Morgan fingerprint density at radius 3 is 0.844 bits per heavy atom. The fourth-order valence-corrected chi connectivity index (χ4v) is 9.39. The lowest BCUT2D eigenvalue weighted by Gasteiger charge is -2.11. The molecule has 4 aromatic carbocycles. The number of alkyl halides is 9. The summed E-state index contributed by atoms with van der Waals surface area (Å²) in [7, 11) is 0. The summed E-state index contributed by atoms with van der Waals surface area (Å²) in [4.78, 5) is 0.836. The zero-order valence-electron chi connectivity index (χ0n) is 22.3. The van der Waals surface area contributed by atoms with Gasteiger partial charge in [-0.1, -0.05) is 54.6 Å². The SMILES string of the molecule is FC(F)(F)c1ccccc1-c1cc2c(s1)c1cc(-c3ccccc3C(F)(F)F)sc1c1cc(-c3ccccc3C(F)(F)F)sc21. The van der Waals surface area contributed by atoms with E-state index in [9.17, 15) is 39.5 Å². The molecule has 0 aliphatic rings. The van der Waals surface area contributed by atoms with Crippen LogP contribution in [0.1, 0.15) is 16.7 Å². The highest BCUT2D eigenvalue weighted by atomic mass is 32.1. The van der Waals surface area contributed by atoms with E-state index in [0.717, 1.165) is 52.2 Å². The van der Waals surface area contributed by atoms with Gasteiger partial charge in [0.05, 0.1) is 16.7 Å². The van der Waals surface area contributed by atoms with Crippen LogP contribution in [0.25, 0.3) is 61.6 Å². The Hall–Kier alpha value is -3.87. The van der Waals surface area contributed by atoms with Gasteiger partial charge in [-0.15, -0.1) is 34.0 Å². The minimum absolute atomic E-state index is 0.0652. The molecule has 0 saturated carbocycles. The second-order valence-corrected chi connectivity index (χ2v) is 13.3. The third-order valence-corrected chi connectivity index (χ3v) is 11.0. The van der Waals surface area contributed by atoms with Crippen LogP contribution in [0.2, 0.25) is 0 Å². The molecule has 7 rings (SSSR count). The van der Waals surface area contributed by atoms with Crippen molar-refractivity contribution in [1.29, 1.82) is 0 Å². The van der Waals surface area contributed by atoms with Crippen molar-refractivity contribution in [3.8, 4) is 31.3 Å². The van der Waals surface area contributed by atoms with Crippen LogP contribution in [-0.4, -0.2) is 0 Å². The average Bonchev–Trinajstić information content (AvgIpc) is 3.72. The Bertz CT molecular complexity index is 1890. The Balaban J connectivity index is 1.57. The second kappa shape index (κ2) is 10.3. The molecule has 12 heteroatoms. The van der Waals surface area contributed by atoms with Crippen molar-refractivity contribution in [2.45, 2.75) is 18.5 Å². The average molecular weight is 679 g/mol. The van der Waals surface area contributed by atoms with Gasteiger partial charge in [-0.25, -0.2) is 0 Å². The molecule has 45 heavy (non-hydrogen) atoms. The monoisotopic (exact) mass is 678 g/mol. The molecule has 0 saturated heterocycles. The van der Waals surface area contributed by atoms with Gasteiger partial charge in [-0.3, -0.25) is 0 Å². The van der Waals surface area contributed by atoms with Gasteiger partial charge in [0.2, 0.25) is 0 Å². The molecule has 3 aromatic heterocycles. The molecule has 0 N–H and O–H groups in total. The van der Waals surface area contributed by atoms with Crippen molar-refractivity contribution in [3.63, 3.8) is 0 Å². The molecule has 0 aliphatic heterocycles. The lowest BCUT2D eigenvalue weighted by Crippen LogP contribution is -2.06. The van der Waals surface area contributed by atoms with Crippen LogP contribution in [0, 0.1) is 0 Å². The predicted molar refractivity (Wildman–Crippen MR) is 164 cm³/mol. The maximum Gasteiger partial charge on any atom is 0.417 e.